The van der Waals surface area contributed by atoms with E-state index in [1.54, 1.807) is 0 Å². The van der Waals surface area contributed by atoms with Gasteiger partial charge in [-0.2, -0.15) is 0 Å². The summed E-state index contributed by atoms with van der Waals surface area (Å²) in [7, 11) is 0. The van der Waals surface area contributed by atoms with Crippen molar-refractivity contribution in [2.75, 3.05) is 46.1 Å². The number of carboxylic acid groups (broad SMARTS) is 1. The van der Waals surface area contributed by atoms with Crippen molar-refractivity contribution in [3.05, 3.63) is 0 Å². The fourth-order valence-electron chi connectivity index (χ4n) is 2.65. The number of nitrogens with zero attached hydrogens (tertiary/aromatic N) is 1. The molecule has 21 heavy (non-hydrogen) atoms. The molecule has 2 aliphatic rings. The summed E-state index contributed by atoms with van der Waals surface area (Å²) in [5.74, 6) is -0.910. The van der Waals surface area contributed by atoms with Crippen molar-refractivity contribution in [2.24, 2.45) is 5.41 Å². The number of aliphatic carboxylic acids is 1. The van der Waals surface area contributed by atoms with Crippen molar-refractivity contribution < 1.29 is 29.3 Å². The highest BCUT2D eigenvalue weighted by molar-refractivity contribution is 5.78. The molecule has 0 radical (unpaired) electrons. The molecule has 2 aliphatic heterocycles. The summed E-state index contributed by atoms with van der Waals surface area (Å²) in [5, 5.41) is 21.4. The average Bonchev–Trinajstić information content (AvgIpc) is 2.53. The van der Waals surface area contributed by atoms with E-state index < -0.39 is 11.4 Å². The zero-order valence-corrected chi connectivity index (χ0v) is 11.9. The number of hydrogen-bond donors (Lipinski definition) is 3. The van der Waals surface area contributed by atoms with E-state index in [1.807, 2.05) is 0 Å². The Morgan fingerprint density at radius 3 is 2.57 bits per heavy atom. The van der Waals surface area contributed by atoms with Gasteiger partial charge in [-0.1, -0.05) is 0 Å². The van der Waals surface area contributed by atoms with E-state index in [9.17, 15) is 19.8 Å². The number of carbonyl (C=O) groups is 2. The van der Waals surface area contributed by atoms with Crippen LogP contribution in [0.25, 0.3) is 0 Å². The second-order valence-electron chi connectivity index (χ2n) is 5.46. The van der Waals surface area contributed by atoms with E-state index in [-0.39, 0.29) is 25.2 Å². The van der Waals surface area contributed by atoms with Crippen LogP contribution in [0.15, 0.2) is 0 Å². The first-order chi connectivity index (χ1) is 10.1. The average molecular weight is 302 g/mol. The molecule has 2 fully saturated rings. The molecular formula is C13H22N2O6. The van der Waals surface area contributed by atoms with Crippen LogP contribution in [0.1, 0.15) is 12.8 Å². The van der Waals surface area contributed by atoms with E-state index in [1.165, 1.54) is 4.90 Å². The van der Waals surface area contributed by atoms with Gasteiger partial charge in [-0.3, -0.25) is 4.79 Å². The fraction of sp³-hybridized carbons (Fsp3) is 0.846. The molecule has 8 nitrogen and oxygen atoms in total. The zero-order valence-electron chi connectivity index (χ0n) is 11.9. The van der Waals surface area contributed by atoms with Gasteiger partial charge < -0.3 is 29.9 Å². The maximum absolute atomic E-state index is 12.2. The van der Waals surface area contributed by atoms with Crippen LogP contribution >= 0.6 is 0 Å². The monoisotopic (exact) mass is 302 g/mol. The lowest BCUT2D eigenvalue weighted by Crippen LogP contribution is -2.56. The molecule has 8 heteroatoms. The molecular weight excluding hydrogens is 280 g/mol. The molecule has 1 atom stereocenters. The van der Waals surface area contributed by atoms with E-state index in [4.69, 9.17) is 9.47 Å². The molecule has 0 saturated carbocycles. The molecule has 0 spiro atoms. The van der Waals surface area contributed by atoms with Crippen LogP contribution in [0, 0.1) is 5.41 Å². The van der Waals surface area contributed by atoms with Crippen LogP contribution < -0.4 is 5.32 Å². The summed E-state index contributed by atoms with van der Waals surface area (Å²) in [4.78, 5) is 25.2. The maximum Gasteiger partial charge on any atom is 0.317 e. The van der Waals surface area contributed by atoms with Crippen LogP contribution in [0.2, 0.25) is 0 Å². The van der Waals surface area contributed by atoms with Gasteiger partial charge in [-0.25, -0.2) is 4.79 Å². The Labute approximate surface area is 123 Å². The summed E-state index contributed by atoms with van der Waals surface area (Å²) >= 11 is 0. The second-order valence-corrected chi connectivity index (χ2v) is 5.46. The van der Waals surface area contributed by atoms with Crippen LogP contribution in [-0.2, 0) is 14.3 Å². The lowest BCUT2D eigenvalue weighted by Gasteiger charge is -2.37. The maximum atomic E-state index is 12.2. The van der Waals surface area contributed by atoms with Crippen molar-refractivity contribution >= 4 is 12.0 Å². The number of urea groups is 1. The first kappa shape index (κ1) is 16.0. The van der Waals surface area contributed by atoms with Gasteiger partial charge in [0.2, 0.25) is 0 Å². The summed E-state index contributed by atoms with van der Waals surface area (Å²) < 4.78 is 10.4. The number of ether oxygens (including phenoxy) is 2. The normalized spacial score (nSPS) is 25.4. The van der Waals surface area contributed by atoms with Gasteiger partial charge in [-0.15, -0.1) is 0 Å². The largest absolute Gasteiger partial charge is 0.481 e. The Balaban J connectivity index is 1.93. The van der Waals surface area contributed by atoms with Gasteiger partial charge >= 0.3 is 12.0 Å². The first-order valence-corrected chi connectivity index (χ1v) is 7.13. The molecule has 2 heterocycles. The quantitative estimate of drug-likeness (QED) is 0.632. The van der Waals surface area contributed by atoms with E-state index >= 15 is 0 Å². The van der Waals surface area contributed by atoms with Crippen LogP contribution in [0.4, 0.5) is 4.79 Å². The lowest BCUT2D eigenvalue weighted by atomic mass is 9.80. The zero-order chi connectivity index (χ0) is 15.3. The highest BCUT2D eigenvalue weighted by Gasteiger charge is 2.41. The van der Waals surface area contributed by atoms with Crippen molar-refractivity contribution in [1.29, 1.82) is 0 Å². The van der Waals surface area contributed by atoms with Crippen LogP contribution in [0.3, 0.4) is 0 Å². The molecule has 3 N–H and O–H groups in total. The predicted molar refractivity (Wildman–Crippen MR) is 71.9 cm³/mol. The number of aliphatic hydroxyl groups is 1. The summed E-state index contributed by atoms with van der Waals surface area (Å²) in [6.07, 6.45) is 0.768. The summed E-state index contributed by atoms with van der Waals surface area (Å²) in [6.45, 7) is 1.77. The third kappa shape index (κ3) is 3.63. The van der Waals surface area contributed by atoms with Crippen molar-refractivity contribution in [3.63, 3.8) is 0 Å². The van der Waals surface area contributed by atoms with Gasteiger partial charge in [0, 0.05) is 26.3 Å². The van der Waals surface area contributed by atoms with Gasteiger partial charge in [0.1, 0.15) is 0 Å². The van der Waals surface area contributed by atoms with E-state index in [0.717, 1.165) is 0 Å². The first-order valence-electron chi connectivity index (χ1n) is 7.13. The second kappa shape index (κ2) is 7.06. The highest BCUT2D eigenvalue weighted by atomic mass is 16.5. The Bertz CT molecular complexity index is 383. The number of hydrogen-bond acceptors (Lipinski definition) is 5. The third-order valence-electron chi connectivity index (χ3n) is 4.18. The molecule has 0 aliphatic carbocycles. The number of morpholine rings is 1. The number of carboxylic acids is 1. The predicted octanol–water partition coefficient (Wildman–Crippen LogP) is -0.729. The minimum atomic E-state index is -0.963. The molecule has 0 bridgehead atoms. The van der Waals surface area contributed by atoms with Crippen molar-refractivity contribution in [2.45, 2.75) is 18.9 Å². The minimum Gasteiger partial charge on any atom is -0.481 e. The van der Waals surface area contributed by atoms with Gasteiger partial charge in [0.05, 0.1) is 31.3 Å². The summed E-state index contributed by atoms with van der Waals surface area (Å²) in [6, 6.07) is -0.737. The number of carbonyl (C=O) groups excluding carboxylic acids is 1. The Morgan fingerprint density at radius 1 is 1.24 bits per heavy atom. The summed E-state index contributed by atoms with van der Waals surface area (Å²) in [5.41, 5.74) is -0.963. The van der Waals surface area contributed by atoms with Gasteiger partial charge in [-0.05, 0) is 12.8 Å². The SMILES string of the molecule is O=C(NCC1(C(=O)O)CCOCC1)N1CCOCC1CO. The van der Waals surface area contributed by atoms with Crippen LogP contribution in [-0.4, -0.2) is 79.3 Å². The smallest absolute Gasteiger partial charge is 0.317 e. The minimum absolute atomic E-state index is 0.0695. The van der Waals surface area contributed by atoms with Gasteiger partial charge in [0.25, 0.3) is 0 Å². The number of nitrogens with one attached hydrogen (secondary N) is 1. The molecule has 2 saturated heterocycles. The van der Waals surface area contributed by atoms with E-state index in [2.05, 4.69) is 5.32 Å². The Kier molecular flexibility index (Phi) is 5.38. The van der Waals surface area contributed by atoms with Crippen molar-refractivity contribution in [1.82, 2.24) is 10.2 Å². The van der Waals surface area contributed by atoms with Gasteiger partial charge in [0.15, 0.2) is 0 Å². The van der Waals surface area contributed by atoms with E-state index in [0.29, 0.717) is 45.8 Å². The Morgan fingerprint density at radius 2 is 1.95 bits per heavy atom. The topological polar surface area (TPSA) is 108 Å². The standard InChI is InChI=1S/C13H22N2O6/c16-7-10-8-21-6-3-15(10)12(19)14-9-13(11(17)18)1-4-20-5-2-13/h10,16H,1-9H2,(H,14,19)(H,17,18). The number of aliphatic hydroxyl groups excluding tert-OH is 1. The molecule has 2 rings (SSSR count). The van der Waals surface area contributed by atoms with Crippen LogP contribution in [0.5, 0.6) is 0 Å². The molecule has 1 unspecified atom stereocenters. The molecule has 120 valence electrons. The Hall–Kier alpha value is -1.38. The number of rotatable bonds is 4. The molecule has 0 aromatic heterocycles. The third-order valence-corrected chi connectivity index (χ3v) is 4.18. The fourth-order valence-corrected chi connectivity index (χ4v) is 2.65. The number of amides is 2. The molecule has 0 aromatic rings. The molecule has 2 amide bonds. The van der Waals surface area contributed by atoms with Crippen molar-refractivity contribution in [3.8, 4) is 0 Å². The highest BCUT2D eigenvalue weighted by Crippen LogP contribution is 2.30. The molecule has 0 aromatic carbocycles. The lowest BCUT2D eigenvalue weighted by molar-refractivity contribution is -0.154.